The maximum Gasteiger partial charge on any atom is 0.411 e. The molecule has 35 heavy (non-hydrogen) atoms. The van der Waals surface area contributed by atoms with Crippen LogP contribution in [0.4, 0.5) is 30.6 Å². The molecule has 8 heteroatoms. The van der Waals surface area contributed by atoms with Gasteiger partial charge in [0.25, 0.3) is 0 Å². The average Bonchev–Trinajstić information content (AvgIpc) is 2.85. The number of carbonyl (C=O) groups is 1. The van der Waals surface area contributed by atoms with Gasteiger partial charge in [0.15, 0.2) is 0 Å². The zero-order valence-electron chi connectivity index (χ0n) is 18.4. The van der Waals surface area contributed by atoms with E-state index in [4.69, 9.17) is 9.72 Å². The molecule has 1 amide bonds. The van der Waals surface area contributed by atoms with Crippen molar-refractivity contribution in [3.8, 4) is 0 Å². The molecule has 0 saturated carbocycles. The molecule has 6 nitrogen and oxygen atoms in total. The molecule has 0 radical (unpaired) electrons. The van der Waals surface area contributed by atoms with Crippen LogP contribution in [0.3, 0.4) is 0 Å². The van der Waals surface area contributed by atoms with Crippen LogP contribution in [-0.4, -0.2) is 11.1 Å². The van der Waals surface area contributed by atoms with Crippen LogP contribution < -0.4 is 16.2 Å². The smallest absolute Gasteiger partial charge is 0.411 e. The Morgan fingerprint density at radius 2 is 1.40 bits per heavy atom. The molecule has 0 spiro atoms. The number of halogens is 2. The van der Waals surface area contributed by atoms with Crippen LogP contribution in [0.15, 0.2) is 91.0 Å². The van der Waals surface area contributed by atoms with Gasteiger partial charge >= 0.3 is 6.09 Å². The SMILES string of the molecule is O=C(Nc1cc(F)cc(F)c1)OCc1cccc(NNc2c3ccccc3nc3ccccc23)c1. The van der Waals surface area contributed by atoms with E-state index in [1.807, 2.05) is 66.7 Å². The van der Waals surface area contributed by atoms with E-state index in [9.17, 15) is 13.6 Å². The molecule has 0 aliphatic carbocycles. The molecule has 0 aliphatic heterocycles. The molecule has 0 saturated heterocycles. The Balaban J connectivity index is 1.28. The summed E-state index contributed by atoms with van der Waals surface area (Å²) in [7, 11) is 0. The van der Waals surface area contributed by atoms with Gasteiger partial charge in [0, 0.05) is 22.5 Å². The third-order valence-electron chi connectivity index (χ3n) is 5.33. The number of hydrogen-bond acceptors (Lipinski definition) is 5. The first-order valence-corrected chi connectivity index (χ1v) is 10.8. The molecule has 0 bridgehead atoms. The van der Waals surface area contributed by atoms with E-state index in [0.717, 1.165) is 56.9 Å². The summed E-state index contributed by atoms with van der Waals surface area (Å²) < 4.78 is 31.8. The predicted octanol–water partition coefficient (Wildman–Crippen LogP) is 6.85. The van der Waals surface area contributed by atoms with Gasteiger partial charge in [-0.1, -0.05) is 48.5 Å². The molecule has 1 aromatic heterocycles. The van der Waals surface area contributed by atoms with Crippen molar-refractivity contribution in [3.05, 3.63) is 108 Å². The van der Waals surface area contributed by atoms with Crippen LogP contribution in [0.5, 0.6) is 0 Å². The van der Waals surface area contributed by atoms with Gasteiger partial charge < -0.3 is 10.2 Å². The number of carbonyl (C=O) groups excluding carboxylic acids is 1. The summed E-state index contributed by atoms with van der Waals surface area (Å²) in [6.07, 6.45) is -0.818. The van der Waals surface area contributed by atoms with Crippen molar-refractivity contribution in [3.63, 3.8) is 0 Å². The Morgan fingerprint density at radius 1 is 0.743 bits per heavy atom. The number of para-hydroxylation sites is 2. The van der Waals surface area contributed by atoms with Gasteiger partial charge in [-0.2, -0.15) is 0 Å². The van der Waals surface area contributed by atoms with E-state index in [2.05, 4.69) is 16.2 Å². The molecule has 174 valence electrons. The molecule has 0 aliphatic rings. The fourth-order valence-corrected chi connectivity index (χ4v) is 3.78. The average molecular weight is 470 g/mol. The van der Waals surface area contributed by atoms with Gasteiger partial charge in [0.2, 0.25) is 0 Å². The van der Waals surface area contributed by atoms with Crippen molar-refractivity contribution in [1.82, 2.24) is 4.98 Å². The lowest BCUT2D eigenvalue weighted by molar-refractivity contribution is 0.155. The van der Waals surface area contributed by atoms with Crippen LogP contribution in [0.25, 0.3) is 21.8 Å². The zero-order valence-corrected chi connectivity index (χ0v) is 18.4. The van der Waals surface area contributed by atoms with E-state index in [1.54, 1.807) is 6.07 Å². The maximum atomic E-state index is 13.3. The standard InChI is InChI=1S/C27H20F2N4O2/c28-18-13-19(29)15-21(14-18)30-27(34)35-16-17-6-5-7-20(12-17)32-33-26-22-8-1-3-10-24(22)31-25-11-4-2-9-23(25)26/h1-15,32H,16H2,(H,30,34)(H,31,33). The number of aromatic nitrogens is 1. The molecule has 5 aromatic rings. The van der Waals surface area contributed by atoms with E-state index < -0.39 is 17.7 Å². The summed E-state index contributed by atoms with van der Waals surface area (Å²) in [4.78, 5) is 16.8. The van der Waals surface area contributed by atoms with E-state index in [0.29, 0.717) is 0 Å². The molecular weight excluding hydrogens is 450 g/mol. The van der Waals surface area contributed by atoms with Crippen molar-refractivity contribution in [2.24, 2.45) is 0 Å². The number of amides is 1. The van der Waals surface area contributed by atoms with Gasteiger partial charge in [0.05, 0.1) is 22.4 Å². The van der Waals surface area contributed by atoms with Crippen molar-refractivity contribution in [2.75, 3.05) is 16.2 Å². The van der Waals surface area contributed by atoms with Gasteiger partial charge in [-0.05, 0) is 42.0 Å². The normalized spacial score (nSPS) is 10.8. The lowest BCUT2D eigenvalue weighted by Gasteiger charge is -2.15. The number of benzene rings is 4. The number of fused-ring (bicyclic) bond motifs is 2. The highest BCUT2D eigenvalue weighted by Crippen LogP contribution is 2.30. The Kier molecular flexibility index (Phi) is 6.09. The van der Waals surface area contributed by atoms with Crippen molar-refractivity contribution in [2.45, 2.75) is 6.61 Å². The molecule has 0 fully saturated rings. The number of anilines is 3. The molecule has 1 heterocycles. The lowest BCUT2D eigenvalue weighted by Crippen LogP contribution is -2.14. The van der Waals surface area contributed by atoms with E-state index in [-0.39, 0.29) is 12.3 Å². The third-order valence-corrected chi connectivity index (χ3v) is 5.33. The molecule has 0 atom stereocenters. The highest BCUT2D eigenvalue weighted by molar-refractivity contribution is 6.07. The highest BCUT2D eigenvalue weighted by Gasteiger charge is 2.10. The number of nitrogens with zero attached hydrogens (tertiary/aromatic N) is 1. The summed E-state index contributed by atoms with van der Waals surface area (Å²) in [5.41, 5.74) is 10.6. The first-order valence-electron chi connectivity index (χ1n) is 10.8. The highest BCUT2D eigenvalue weighted by atomic mass is 19.1. The minimum Gasteiger partial charge on any atom is -0.444 e. The van der Waals surface area contributed by atoms with Crippen molar-refractivity contribution >= 4 is 45.0 Å². The van der Waals surface area contributed by atoms with E-state index >= 15 is 0 Å². The maximum absolute atomic E-state index is 13.3. The van der Waals surface area contributed by atoms with Gasteiger partial charge in [-0.25, -0.2) is 18.6 Å². The number of hydrogen-bond donors (Lipinski definition) is 3. The first kappa shape index (κ1) is 22.1. The summed E-state index contributed by atoms with van der Waals surface area (Å²) in [5, 5.41) is 4.27. The fraction of sp³-hybridized carbons (Fsp3) is 0.0370. The Morgan fingerprint density at radius 3 is 2.09 bits per heavy atom. The zero-order chi connectivity index (χ0) is 24.2. The van der Waals surface area contributed by atoms with E-state index in [1.165, 1.54) is 0 Å². The fourth-order valence-electron chi connectivity index (χ4n) is 3.78. The Hall–Kier alpha value is -4.72. The number of nitrogens with one attached hydrogen (secondary N) is 3. The topological polar surface area (TPSA) is 75.3 Å². The van der Waals surface area contributed by atoms with Crippen LogP contribution in [0.2, 0.25) is 0 Å². The van der Waals surface area contributed by atoms with Crippen LogP contribution >= 0.6 is 0 Å². The van der Waals surface area contributed by atoms with Crippen LogP contribution in [0.1, 0.15) is 5.56 Å². The Bertz CT molecular complexity index is 1470. The molecule has 0 unspecified atom stereocenters. The van der Waals surface area contributed by atoms with Crippen molar-refractivity contribution in [1.29, 1.82) is 0 Å². The number of ether oxygens (including phenoxy) is 1. The number of rotatable bonds is 6. The largest absolute Gasteiger partial charge is 0.444 e. The number of hydrazine groups is 1. The quantitative estimate of drug-likeness (QED) is 0.187. The minimum absolute atomic E-state index is 0.0241. The second-order valence-corrected chi connectivity index (χ2v) is 7.83. The summed E-state index contributed by atoms with van der Waals surface area (Å²) in [6.45, 7) is -0.0275. The molecule has 3 N–H and O–H groups in total. The van der Waals surface area contributed by atoms with Gasteiger partial charge in [-0.15, -0.1) is 0 Å². The van der Waals surface area contributed by atoms with Crippen LogP contribution in [0, 0.1) is 11.6 Å². The molecule has 4 aromatic carbocycles. The number of pyridine rings is 1. The molecular formula is C27H20F2N4O2. The second kappa shape index (κ2) is 9.64. The minimum atomic E-state index is -0.818. The first-order chi connectivity index (χ1) is 17.0. The van der Waals surface area contributed by atoms with Crippen LogP contribution in [-0.2, 0) is 11.3 Å². The monoisotopic (exact) mass is 470 g/mol. The van der Waals surface area contributed by atoms with Gasteiger partial charge in [-0.3, -0.25) is 10.7 Å². The predicted molar refractivity (Wildman–Crippen MR) is 133 cm³/mol. The van der Waals surface area contributed by atoms with Gasteiger partial charge in [0.1, 0.15) is 18.2 Å². The summed E-state index contributed by atoms with van der Waals surface area (Å²) >= 11 is 0. The summed E-state index contributed by atoms with van der Waals surface area (Å²) in [5.74, 6) is -1.58. The van der Waals surface area contributed by atoms with Crippen molar-refractivity contribution < 1.29 is 18.3 Å². The second-order valence-electron chi connectivity index (χ2n) is 7.83. The molecule has 5 rings (SSSR count). The Labute approximate surface area is 199 Å². The lowest BCUT2D eigenvalue weighted by atomic mass is 10.1. The summed E-state index contributed by atoms with van der Waals surface area (Å²) in [6, 6.07) is 25.8. The third kappa shape index (κ3) is 5.11.